The van der Waals surface area contributed by atoms with Crippen molar-refractivity contribution in [2.24, 2.45) is 0 Å². The Balaban J connectivity index is 1.39. The van der Waals surface area contributed by atoms with Crippen LogP contribution in [0.15, 0.2) is 77.6 Å². The zero-order valence-corrected chi connectivity index (χ0v) is 21.3. The predicted molar refractivity (Wildman–Crippen MR) is 147 cm³/mol. The highest BCUT2D eigenvalue weighted by molar-refractivity contribution is 7.71. The van der Waals surface area contributed by atoms with Gasteiger partial charge in [-0.1, -0.05) is 42.5 Å². The molecule has 1 fully saturated rings. The molecule has 3 heterocycles. The summed E-state index contributed by atoms with van der Waals surface area (Å²) in [7, 11) is 0. The van der Waals surface area contributed by atoms with Crippen molar-refractivity contribution in [3.05, 3.63) is 99.0 Å². The number of fused-ring (bicyclic) bond motifs is 3. The smallest absolute Gasteiger partial charge is 0.267 e. The zero-order chi connectivity index (χ0) is 24.8. The van der Waals surface area contributed by atoms with E-state index < -0.39 is 0 Å². The fourth-order valence-corrected chi connectivity index (χ4v) is 5.38. The normalized spacial score (nSPS) is 14.7. The van der Waals surface area contributed by atoms with Crippen LogP contribution < -0.4 is 10.5 Å². The van der Waals surface area contributed by atoms with Crippen LogP contribution in [0.3, 0.4) is 0 Å². The molecule has 0 atom stereocenters. The van der Waals surface area contributed by atoms with E-state index in [1.165, 1.54) is 11.3 Å². The second kappa shape index (κ2) is 9.04. The van der Waals surface area contributed by atoms with Crippen molar-refractivity contribution >= 4 is 34.6 Å². The Labute approximate surface area is 214 Å². The van der Waals surface area contributed by atoms with Crippen molar-refractivity contribution in [2.75, 3.05) is 31.1 Å². The van der Waals surface area contributed by atoms with Crippen LogP contribution in [0.5, 0.6) is 0 Å². The third-order valence-corrected chi connectivity index (χ3v) is 7.42. The molecule has 6 rings (SSSR count). The van der Waals surface area contributed by atoms with E-state index >= 15 is 0 Å². The Morgan fingerprint density at radius 1 is 0.889 bits per heavy atom. The monoisotopic (exact) mass is 496 g/mol. The minimum absolute atomic E-state index is 0.0914. The van der Waals surface area contributed by atoms with Crippen molar-refractivity contribution in [1.29, 1.82) is 0 Å². The van der Waals surface area contributed by atoms with E-state index in [0.717, 1.165) is 42.9 Å². The molecule has 3 aromatic carbocycles. The molecule has 5 aromatic rings. The van der Waals surface area contributed by atoms with Crippen LogP contribution in [-0.4, -0.2) is 49.8 Å². The minimum atomic E-state index is -0.0914. The molecule has 0 N–H and O–H groups in total. The standard InChI is InChI=1S/C28H28N6OS/c1-20-8-7-10-22(18-20)31-16-14-30(15-17-31)19-32-28(36)34-25-13-6-4-11-23(25)26(35)33(27(34)29-32)24-12-5-3-9-21(24)2/h3-13,18H,14-17,19H2,1-2H3. The number of aryl methyl sites for hydroxylation is 2. The Morgan fingerprint density at radius 2 is 1.64 bits per heavy atom. The Bertz CT molecular complexity index is 1710. The van der Waals surface area contributed by atoms with Gasteiger partial charge in [-0.25, -0.2) is 9.25 Å². The van der Waals surface area contributed by atoms with Crippen LogP contribution in [0.1, 0.15) is 11.1 Å². The lowest BCUT2D eigenvalue weighted by molar-refractivity contribution is 0.194. The van der Waals surface area contributed by atoms with E-state index in [2.05, 4.69) is 41.0 Å². The summed E-state index contributed by atoms with van der Waals surface area (Å²) in [6.07, 6.45) is 0. The molecule has 2 aromatic heterocycles. The van der Waals surface area contributed by atoms with Crippen molar-refractivity contribution < 1.29 is 0 Å². The fraction of sp³-hybridized carbons (Fsp3) is 0.250. The van der Waals surface area contributed by atoms with Gasteiger partial charge in [-0.15, -0.1) is 5.10 Å². The first-order valence-electron chi connectivity index (χ1n) is 12.2. The average Bonchev–Trinajstić information content (AvgIpc) is 3.21. The average molecular weight is 497 g/mol. The molecule has 0 bridgehead atoms. The summed E-state index contributed by atoms with van der Waals surface area (Å²) in [6.45, 7) is 8.43. The lowest BCUT2D eigenvalue weighted by Gasteiger charge is -2.36. The van der Waals surface area contributed by atoms with Gasteiger partial charge in [-0.3, -0.25) is 14.1 Å². The van der Waals surface area contributed by atoms with Crippen LogP contribution in [-0.2, 0) is 6.67 Å². The number of para-hydroxylation sites is 2. The number of hydrogen-bond acceptors (Lipinski definition) is 5. The Hall–Kier alpha value is -3.75. The van der Waals surface area contributed by atoms with E-state index in [1.54, 1.807) is 4.57 Å². The molecule has 1 aliphatic rings. The maximum absolute atomic E-state index is 13.7. The predicted octanol–water partition coefficient (Wildman–Crippen LogP) is 4.57. The van der Waals surface area contributed by atoms with Gasteiger partial charge < -0.3 is 4.90 Å². The van der Waals surface area contributed by atoms with Gasteiger partial charge in [-0.2, -0.15) is 0 Å². The van der Waals surface area contributed by atoms with Gasteiger partial charge in [0, 0.05) is 31.9 Å². The third kappa shape index (κ3) is 3.83. The Morgan fingerprint density at radius 3 is 2.42 bits per heavy atom. The summed E-state index contributed by atoms with van der Waals surface area (Å²) < 4.78 is 6.07. The highest BCUT2D eigenvalue weighted by Gasteiger charge is 2.21. The summed E-state index contributed by atoms with van der Waals surface area (Å²) in [5.74, 6) is 0.538. The largest absolute Gasteiger partial charge is 0.369 e. The highest BCUT2D eigenvalue weighted by Crippen LogP contribution is 2.21. The summed E-state index contributed by atoms with van der Waals surface area (Å²) in [5, 5.41) is 5.53. The first-order valence-corrected chi connectivity index (χ1v) is 12.7. The molecule has 1 aliphatic heterocycles. The van der Waals surface area contributed by atoms with Gasteiger partial charge in [-0.05, 0) is 67.5 Å². The highest BCUT2D eigenvalue weighted by atomic mass is 32.1. The minimum Gasteiger partial charge on any atom is -0.369 e. The number of nitrogens with zero attached hydrogens (tertiary/aromatic N) is 6. The fourth-order valence-electron chi connectivity index (χ4n) is 5.10. The molecule has 1 saturated heterocycles. The van der Waals surface area contributed by atoms with E-state index in [9.17, 15) is 4.79 Å². The van der Waals surface area contributed by atoms with Gasteiger partial charge in [0.25, 0.3) is 5.56 Å². The van der Waals surface area contributed by atoms with Crippen LogP contribution >= 0.6 is 12.2 Å². The second-order valence-electron chi connectivity index (χ2n) is 9.45. The molecule has 0 spiro atoms. The van der Waals surface area contributed by atoms with Crippen LogP contribution in [0, 0.1) is 18.6 Å². The zero-order valence-electron chi connectivity index (χ0n) is 20.5. The quantitative estimate of drug-likeness (QED) is 0.341. The molecule has 182 valence electrons. The van der Waals surface area contributed by atoms with Gasteiger partial charge in [0.05, 0.1) is 23.3 Å². The molecule has 36 heavy (non-hydrogen) atoms. The number of piperazine rings is 1. The van der Waals surface area contributed by atoms with Crippen molar-refractivity contribution in [1.82, 2.24) is 23.6 Å². The van der Waals surface area contributed by atoms with Crippen LogP contribution in [0.2, 0.25) is 0 Å². The lowest BCUT2D eigenvalue weighted by atomic mass is 10.2. The van der Waals surface area contributed by atoms with E-state index in [1.807, 2.05) is 64.5 Å². The summed E-state index contributed by atoms with van der Waals surface area (Å²) in [4.78, 5) is 18.4. The maximum Gasteiger partial charge on any atom is 0.267 e. The number of anilines is 1. The number of benzene rings is 3. The van der Waals surface area contributed by atoms with Gasteiger partial charge in [0.2, 0.25) is 10.5 Å². The molecule has 0 aliphatic carbocycles. The summed E-state index contributed by atoms with van der Waals surface area (Å²) in [6, 6.07) is 24.2. The molecular weight excluding hydrogens is 468 g/mol. The van der Waals surface area contributed by atoms with Gasteiger partial charge in [0.15, 0.2) is 0 Å². The van der Waals surface area contributed by atoms with E-state index in [-0.39, 0.29) is 5.56 Å². The van der Waals surface area contributed by atoms with E-state index in [0.29, 0.717) is 22.6 Å². The first kappa shape index (κ1) is 22.7. The molecule has 0 amide bonds. The van der Waals surface area contributed by atoms with Crippen molar-refractivity contribution in [3.8, 4) is 5.69 Å². The number of aromatic nitrogens is 4. The molecule has 8 heteroatoms. The summed E-state index contributed by atoms with van der Waals surface area (Å²) >= 11 is 5.93. The molecule has 7 nitrogen and oxygen atoms in total. The molecule has 0 radical (unpaired) electrons. The SMILES string of the molecule is Cc1cccc(N2CCN(Cn3nc4n(-c5ccccc5C)c(=O)c5ccccc5n4c3=S)CC2)c1. The van der Waals surface area contributed by atoms with Gasteiger partial charge in [0.1, 0.15) is 0 Å². The number of rotatable bonds is 4. The molecular formula is C28H28N6OS. The topological polar surface area (TPSA) is 50.7 Å². The third-order valence-electron chi connectivity index (χ3n) is 7.03. The van der Waals surface area contributed by atoms with Crippen molar-refractivity contribution in [2.45, 2.75) is 20.5 Å². The molecule has 0 unspecified atom stereocenters. The van der Waals surface area contributed by atoms with Crippen LogP contribution in [0.25, 0.3) is 22.4 Å². The maximum atomic E-state index is 13.7. The first-order chi connectivity index (χ1) is 17.5. The Kier molecular flexibility index (Phi) is 5.70. The summed E-state index contributed by atoms with van der Waals surface area (Å²) in [5.41, 5.74) is 5.06. The van der Waals surface area contributed by atoms with Crippen molar-refractivity contribution in [3.63, 3.8) is 0 Å². The van der Waals surface area contributed by atoms with Crippen LogP contribution in [0.4, 0.5) is 5.69 Å². The van der Waals surface area contributed by atoms with Gasteiger partial charge >= 0.3 is 0 Å². The number of hydrogen-bond donors (Lipinski definition) is 0. The molecule has 0 saturated carbocycles. The lowest BCUT2D eigenvalue weighted by Crippen LogP contribution is -2.47. The second-order valence-corrected chi connectivity index (χ2v) is 9.81. The van der Waals surface area contributed by atoms with E-state index in [4.69, 9.17) is 17.3 Å².